The van der Waals surface area contributed by atoms with E-state index in [1.807, 2.05) is 4.90 Å². The fourth-order valence-corrected chi connectivity index (χ4v) is 5.95. The first-order valence-corrected chi connectivity index (χ1v) is 20.4. The fraction of sp³-hybridized carbons (Fsp3) is 0.821. The number of rotatable bonds is 38. The molecule has 1 unspecified atom stereocenters. The minimum atomic E-state index is -1.25. The number of amides is 1. The molecule has 57 heavy (non-hydrogen) atoms. The lowest BCUT2D eigenvalue weighted by Gasteiger charge is -2.29. The fourth-order valence-electron chi connectivity index (χ4n) is 5.95. The summed E-state index contributed by atoms with van der Waals surface area (Å²) < 4.78 is 11.3. The van der Waals surface area contributed by atoms with E-state index in [0.717, 1.165) is 69.1 Å². The zero-order valence-corrected chi connectivity index (χ0v) is 34.9. The number of ether oxygens (including phenoxy) is 2. The van der Waals surface area contributed by atoms with Crippen molar-refractivity contribution in [1.82, 2.24) is 24.5 Å². The van der Waals surface area contributed by atoms with E-state index in [4.69, 9.17) is 19.7 Å². The summed E-state index contributed by atoms with van der Waals surface area (Å²) in [6.07, 6.45) is 12.2. The second-order valence-electron chi connectivity index (χ2n) is 14.7. The molecular weight excluding hydrogens is 746 g/mol. The Morgan fingerprint density at radius 1 is 0.491 bits per heavy atom. The van der Waals surface area contributed by atoms with Crippen molar-refractivity contribution in [3.63, 3.8) is 0 Å². The summed E-state index contributed by atoms with van der Waals surface area (Å²) in [4.78, 5) is 91.0. The zero-order chi connectivity index (χ0) is 43.0. The molecule has 4 N–H and O–H groups in total. The van der Waals surface area contributed by atoms with Gasteiger partial charge < -0.3 is 39.7 Å². The smallest absolute Gasteiger partial charge is 0.317 e. The molecule has 18 nitrogen and oxygen atoms in total. The number of unbranched alkanes of at least 4 members (excludes halogenated alkanes) is 10. The van der Waals surface area contributed by atoms with Crippen LogP contribution in [0.5, 0.6) is 0 Å². The summed E-state index contributed by atoms with van der Waals surface area (Å²) in [5.41, 5.74) is 0. The summed E-state index contributed by atoms with van der Waals surface area (Å²) in [6.45, 7) is 2.57. The number of hydrogen-bond acceptors (Lipinski definition) is 13. The maximum atomic E-state index is 13.2. The van der Waals surface area contributed by atoms with Gasteiger partial charge in [0, 0.05) is 65.7 Å². The molecule has 0 spiro atoms. The van der Waals surface area contributed by atoms with Crippen LogP contribution in [-0.4, -0.2) is 192 Å². The summed E-state index contributed by atoms with van der Waals surface area (Å²) in [5.74, 6) is -5.98. The second kappa shape index (κ2) is 33.1. The number of esters is 2. The highest BCUT2D eigenvalue weighted by atomic mass is 16.6. The van der Waals surface area contributed by atoms with E-state index in [2.05, 4.69) is 13.8 Å². The second-order valence-corrected chi connectivity index (χ2v) is 14.7. The van der Waals surface area contributed by atoms with Crippen LogP contribution in [0.25, 0.3) is 0 Å². The molecule has 0 aromatic rings. The van der Waals surface area contributed by atoms with Gasteiger partial charge in [0.25, 0.3) is 0 Å². The highest BCUT2D eigenvalue weighted by Crippen LogP contribution is 2.11. The van der Waals surface area contributed by atoms with Crippen LogP contribution in [0.3, 0.4) is 0 Å². The van der Waals surface area contributed by atoms with Gasteiger partial charge in [-0.05, 0) is 19.9 Å². The quantitative estimate of drug-likeness (QED) is 0.0518. The maximum Gasteiger partial charge on any atom is 0.317 e. The van der Waals surface area contributed by atoms with Crippen molar-refractivity contribution in [3.8, 4) is 0 Å². The summed E-state index contributed by atoms with van der Waals surface area (Å²) in [5, 5.41) is 37.1. The van der Waals surface area contributed by atoms with Crippen LogP contribution in [0.1, 0.15) is 104 Å². The van der Waals surface area contributed by atoms with Crippen LogP contribution in [0.4, 0.5) is 0 Å². The van der Waals surface area contributed by atoms with Crippen LogP contribution in [0.15, 0.2) is 0 Å². The van der Waals surface area contributed by atoms with Gasteiger partial charge in [0.05, 0.1) is 32.7 Å². The molecule has 0 radical (unpaired) electrons. The third-order valence-electron chi connectivity index (χ3n) is 9.21. The SMILES string of the molecule is CCCCCCCCC(=O)OCC(CN(C)CCN(C)C(=O)CN(CCN(CCN(CC(=O)O)CC(=O)O)CC(=O)O)CC(=O)O)OC(=O)CCCCCCCC. The highest BCUT2D eigenvalue weighted by molar-refractivity contribution is 5.79. The van der Waals surface area contributed by atoms with Gasteiger partial charge in [0.1, 0.15) is 12.7 Å². The van der Waals surface area contributed by atoms with Crippen molar-refractivity contribution in [2.24, 2.45) is 0 Å². The largest absolute Gasteiger partial charge is 0.480 e. The summed E-state index contributed by atoms with van der Waals surface area (Å²) in [6, 6.07) is 0. The van der Waals surface area contributed by atoms with Gasteiger partial charge >= 0.3 is 35.8 Å². The molecule has 0 aliphatic carbocycles. The first-order chi connectivity index (χ1) is 27.1. The Bertz CT molecular complexity index is 1180. The Morgan fingerprint density at radius 3 is 1.37 bits per heavy atom. The van der Waals surface area contributed by atoms with Crippen molar-refractivity contribution in [2.45, 2.75) is 110 Å². The molecule has 0 aliphatic heterocycles. The maximum absolute atomic E-state index is 13.2. The van der Waals surface area contributed by atoms with Gasteiger partial charge in [0.2, 0.25) is 5.91 Å². The van der Waals surface area contributed by atoms with Gasteiger partial charge in [-0.15, -0.1) is 0 Å². The van der Waals surface area contributed by atoms with Crippen LogP contribution >= 0.6 is 0 Å². The Morgan fingerprint density at radius 2 is 0.895 bits per heavy atom. The van der Waals surface area contributed by atoms with E-state index >= 15 is 0 Å². The first-order valence-electron chi connectivity index (χ1n) is 20.4. The number of likely N-dealkylation sites (N-methyl/N-ethyl adjacent to an activating group) is 2. The lowest BCUT2D eigenvalue weighted by Crippen LogP contribution is -2.47. The van der Waals surface area contributed by atoms with Gasteiger partial charge in [-0.25, -0.2) is 0 Å². The van der Waals surface area contributed by atoms with Gasteiger partial charge in [0.15, 0.2) is 0 Å². The van der Waals surface area contributed by atoms with Crippen molar-refractivity contribution >= 4 is 41.7 Å². The number of carboxylic acids is 4. The van der Waals surface area contributed by atoms with E-state index in [1.54, 1.807) is 14.1 Å². The van der Waals surface area contributed by atoms with Crippen LogP contribution in [-0.2, 0) is 43.0 Å². The Hall–Kier alpha value is -3.87. The first kappa shape index (κ1) is 53.1. The predicted octanol–water partition coefficient (Wildman–Crippen LogP) is 2.58. The average molecular weight is 818 g/mol. The lowest BCUT2D eigenvalue weighted by molar-refractivity contribution is -0.160. The lowest BCUT2D eigenvalue weighted by atomic mass is 10.1. The highest BCUT2D eigenvalue weighted by Gasteiger charge is 2.23. The van der Waals surface area contributed by atoms with E-state index in [-0.39, 0.29) is 70.8 Å². The standard InChI is InChI=1S/C39H71N5O13/c1-5-7-9-11-13-15-17-38(54)56-31-32(57-39(55)18-16-14-12-10-8-6-2)25-40(3)19-20-41(4)33(45)26-43(28-35(48)49)23-21-42(27-34(46)47)22-24-44(29-36(50)51)30-37(52)53/h32H,5-31H2,1-4H3,(H,46,47)(H,48,49)(H,50,51)(H,52,53). The number of carboxylic acid groups (broad SMARTS) is 4. The molecule has 0 aliphatic rings. The molecule has 0 aromatic carbocycles. The van der Waals surface area contributed by atoms with E-state index in [9.17, 15) is 43.8 Å². The number of nitrogens with zero attached hydrogens (tertiary/aromatic N) is 5. The number of carbonyl (C=O) groups excluding carboxylic acids is 3. The van der Waals surface area contributed by atoms with Gasteiger partial charge in [-0.1, -0.05) is 78.1 Å². The van der Waals surface area contributed by atoms with Crippen LogP contribution in [0.2, 0.25) is 0 Å². The number of hydrogen-bond donors (Lipinski definition) is 4. The Balaban J connectivity index is 5.30. The summed E-state index contributed by atoms with van der Waals surface area (Å²) in [7, 11) is 3.35. The van der Waals surface area contributed by atoms with Crippen molar-refractivity contribution in [1.29, 1.82) is 0 Å². The molecule has 0 fully saturated rings. The third-order valence-corrected chi connectivity index (χ3v) is 9.21. The predicted molar refractivity (Wildman–Crippen MR) is 212 cm³/mol. The Kier molecular flexibility index (Phi) is 30.9. The average Bonchev–Trinajstić information content (AvgIpc) is 3.12. The minimum Gasteiger partial charge on any atom is -0.480 e. The summed E-state index contributed by atoms with van der Waals surface area (Å²) >= 11 is 0. The zero-order valence-electron chi connectivity index (χ0n) is 34.9. The van der Waals surface area contributed by atoms with Gasteiger partial charge in [-0.2, -0.15) is 0 Å². The molecule has 0 aromatic heterocycles. The molecule has 1 atom stereocenters. The number of aliphatic carboxylic acids is 4. The van der Waals surface area contributed by atoms with E-state index in [0.29, 0.717) is 19.4 Å². The minimum absolute atomic E-state index is 0.00972. The van der Waals surface area contributed by atoms with Crippen molar-refractivity contribution < 1.29 is 63.5 Å². The Labute approximate surface area is 338 Å². The molecule has 0 bridgehead atoms. The van der Waals surface area contributed by atoms with Crippen molar-refractivity contribution in [2.75, 3.05) is 99.2 Å². The number of carbonyl (C=O) groups is 7. The van der Waals surface area contributed by atoms with E-state index in [1.165, 1.54) is 21.1 Å². The third kappa shape index (κ3) is 31.9. The van der Waals surface area contributed by atoms with E-state index < -0.39 is 62.1 Å². The normalized spacial score (nSPS) is 11.9. The van der Waals surface area contributed by atoms with Crippen molar-refractivity contribution in [3.05, 3.63) is 0 Å². The topological polar surface area (TPSA) is 235 Å². The molecule has 18 heteroatoms. The molecule has 1 amide bonds. The molecular formula is C39H71N5O13. The van der Waals surface area contributed by atoms with Crippen LogP contribution < -0.4 is 0 Å². The molecule has 0 rings (SSSR count). The molecule has 0 saturated carbocycles. The van der Waals surface area contributed by atoms with Gasteiger partial charge in [-0.3, -0.25) is 48.3 Å². The molecule has 330 valence electrons. The monoisotopic (exact) mass is 818 g/mol. The molecule has 0 saturated heterocycles. The van der Waals surface area contributed by atoms with Crippen LogP contribution in [0, 0.1) is 0 Å². The molecule has 0 heterocycles.